The molecule has 2 saturated heterocycles. The third-order valence-electron chi connectivity index (χ3n) is 7.44. The van der Waals surface area contributed by atoms with Gasteiger partial charge < -0.3 is 10.6 Å². The standard InChI is InChI=1S/C23H32N4O/c28-23-25-21-6-5-19(12-22(21)26-23)18-7-9-27(10-8-18)15-16-11-20(14-24-13-16)17-3-1-2-4-17/h3,11,13-14,18-19,21-22H,1-2,4-10,12,15H2,(H2,25,26,28). The zero-order valence-electron chi connectivity index (χ0n) is 16.7. The number of hydrogen-bond donors (Lipinski definition) is 2. The molecule has 28 heavy (non-hydrogen) atoms. The summed E-state index contributed by atoms with van der Waals surface area (Å²) in [7, 11) is 0. The fraction of sp³-hybridized carbons (Fsp3) is 0.652. The Bertz CT molecular complexity index is 753. The van der Waals surface area contributed by atoms with E-state index in [0.29, 0.717) is 12.1 Å². The molecule has 1 saturated carbocycles. The fourth-order valence-corrected chi connectivity index (χ4v) is 5.87. The predicted octanol–water partition coefficient (Wildman–Crippen LogP) is 3.71. The van der Waals surface area contributed by atoms with Gasteiger partial charge in [-0.25, -0.2) is 4.79 Å². The van der Waals surface area contributed by atoms with Crippen molar-refractivity contribution in [1.82, 2.24) is 20.5 Å². The molecule has 4 aliphatic rings. The van der Waals surface area contributed by atoms with Crippen LogP contribution < -0.4 is 10.6 Å². The molecular weight excluding hydrogens is 348 g/mol. The van der Waals surface area contributed by atoms with E-state index in [1.165, 1.54) is 68.3 Å². The number of urea groups is 1. The molecule has 3 fully saturated rings. The normalized spacial score (nSPS) is 31.2. The van der Waals surface area contributed by atoms with E-state index < -0.39 is 0 Å². The summed E-state index contributed by atoms with van der Waals surface area (Å²) >= 11 is 0. The first-order chi connectivity index (χ1) is 13.7. The number of allylic oxidation sites excluding steroid dienone is 2. The van der Waals surface area contributed by atoms with Crippen LogP contribution in [0.25, 0.3) is 5.57 Å². The summed E-state index contributed by atoms with van der Waals surface area (Å²) in [5.74, 6) is 1.60. The lowest BCUT2D eigenvalue weighted by Crippen LogP contribution is -2.43. The SMILES string of the molecule is O=C1NC2CCC(C3CCN(Cc4cncc(C5=CCCC5)c4)CC3)CC2N1. The van der Waals surface area contributed by atoms with Crippen molar-refractivity contribution in [3.63, 3.8) is 0 Å². The van der Waals surface area contributed by atoms with E-state index in [1.807, 2.05) is 12.4 Å². The van der Waals surface area contributed by atoms with Crippen LogP contribution >= 0.6 is 0 Å². The largest absolute Gasteiger partial charge is 0.333 e. The van der Waals surface area contributed by atoms with Crippen LogP contribution in [0.5, 0.6) is 0 Å². The molecule has 150 valence electrons. The van der Waals surface area contributed by atoms with Crippen molar-refractivity contribution in [3.05, 3.63) is 35.7 Å². The first-order valence-corrected chi connectivity index (χ1v) is 11.2. The molecule has 5 nitrogen and oxygen atoms in total. The van der Waals surface area contributed by atoms with E-state index in [0.717, 1.165) is 31.2 Å². The predicted molar refractivity (Wildman–Crippen MR) is 111 cm³/mol. The molecule has 5 rings (SSSR count). The van der Waals surface area contributed by atoms with Gasteiger partial charge in [0.05, 0.1) is 12.1 Å². The lowest BCUT2D eigenvalue weighted by atomic mass is 9.73. The lowest BCUT2D eigenvalue weighted by molar-refractivity contribution is 0.112. The minimum Gasteiger partial charge on any atom is -0.333 e. The second-order valence-corrected chi connectivity index (χ2v) is 9.22. The summed E-state index contributed by atoms with van der Waals surface area (Å²) in [5.41, 5.74) is 4.16. The molecule has 0 radical (unpaired) electrons. The van der Waals surface area contributed by atoms with Crippen molar-refractivity contribution >= 4 is 11.6 Å². The molecule has 5 heteroatoms. The molecule has 0 spiro atoms. The second kappa shape index (κ2) is 7.86. The monoisotopic (exact) mass is 380 g/mol. The van der Waals surface area contributed by atoms with Crippen LogP contribution in [0.1, 0.15) is 62.5 Å². The molecule has 3 atom stereocenters. The zero-order valence-corrected chi connectivity index (χ0v) is 16.7. The van der Waals surface area contributed by atoms with Gasteiger partial charge in [0.1, 0.15) is 0 Å². The van der Waals surface area contributed by atoms with E-state index >= 15 is 0 Å². The van der Waals surface area contributed by atoms with Crippen LogP contribution in [-0.4, -0.2) is 41.1 Å². The highest BCUT2D eigenvalue weighted by Crippen LogP contribution is 2.37. The summed E-state index contributed by atoms with van der Waals surface area (Å²) in [4.78, 5) is 18.7. The van der Waals surface area contributed by atoms with Crippen LogP contribution in [0.2, 0.25) is 0 Å². The average molecular weight is 381 g/mol. The Morgan fingerprint density at radius 3 is 2.71 bits per heavy atom. The van der Waals surface area contributed by atoms with Gasteiger partial charge in [-0.05, 0) is 99.1 Å². The first kappa shape index (κ1) is 18.2. The summed E-state index contributed by atoms with van der Waals surface area (Å²) in [6, 6.07) is 3.13. The van der Waals surface area contributed by atoms with Crippen molar-refractivity contribution in [2.24, 2.45) is 11.8 Å². The summed E-state index contributed by atoms with van der Waals surface area (Å²) in [5, 5.41) is 6.19. The molecule has 2 aliphatic carbocycles. The summed E-state index contributed by atoms with van der Waals surface area (Å²) < 4.78 is 0. The number of fused-ring (bicyclic) bond motifs is 1. The number of carbonyl (C=O) groups is 1. The number of piperidine rings is 1. The minimum absolute atomic E-state index is 0.0367. The molecule has 2 amide bonds. The maximum Gasteiger partial charge on any atom is 0.315 e. The number of nitrogens with one attached hydrogen (secondary N) is 2. The highest BCUT2D eigenvalue weighted by Gasteiger charge is 2.39. The van der Waals surface area contributed by atoms with E-state index in [1.54, 1.807) is 0 Å². The number of pyridine rings is 1. The van der Waals surface area contributed by atoms with Gasteiger partial charge in [0.2, 0.25) is 0 Å². The number of rotatable bonds is 4. The molecular formula is C23H32N4O. The molecule has 1 aromatic rings. The van der Waals surface area contributed by atoms with E-state index in [9.17, 15) is 4.79 Å². The smallest absolute Gasteiger partial charge is 0.315 e. The highest BCUT2D eigenvalue weighted by atomic mass is 16.2. The Hall–Kier alpha value is -1.88. The maximum absolute atomic E-state index is 11.6. The van der Waals surface area contributed by atoms with Gasteiger partial charge in [-0.3, -0.25) is 9.88 Å². The average Bonchev–Trinajstić information content (AvgIpc) is 3.37. The third-order valence-corrected chi connectivity index (χ3v) is 7.44. The number of carbonyl (C=O) groups excluding carboxylic acids is 1. The fourth-order valence-electron chi connectivity index (χ4n) is 5.87. The van der Waals surface area contributed by atoms with Crippen molar-refractivity contribution < 1.29 is 4.79 Å². The summed E-state index contributed by atoms with van der Waals surface area (Å²) in [6.07, 6.45) is 16.3. The van der Waals surface area contributed by atoms with Crippen LogP contribution in [0.4, 0.5) is 4.79 Å². The van der Waals surface area contributed by atoms with E-state index in [2.05, 4.69) is 32.7 Å². The van der Waals surface area contributed by atoms with Gasteiger partial charge in [-0.15, -0.1) is 0 Å². The molecule has 3 unspecified atom stereocenters. The molecule has 1 aromatic heterocycles. The Labute approximate surface area is 168 Å². The first-order valence-electron chi connectivity index (χ1n) is 11.2. The number of amides is 2. The van der Waals surface area contributed by atoms with Crippen molar-refractivity contribution in [2.45, 2.75) is 70.0 Å². The lowest BCUT2D eigenvalue weighted by Gasteiger charge is -2.40. The number of aromatic nitrogens is 1. The van der Waals surface area contributed by atoms with Crippen molar-refractivity contribution in [3.8, 4) is 0 Å². The molecule has 2 N–H and O–H groups in total. The third kappa shape index (κ3) is 3.82. The highest BCUT2D eigenvalue weighted by molar-refractivity contribution is 5.77. The van der Waals surface area contributed by atoms with Gasteiger partial charge in [-0.2, -0.15) is 0 Å². The van der Waals surface area contributed by atoms with Gasteiger partial charge in [0.25, 0.3) is 0 Å². The quantitative estimate of drug-likeness (QED) is 0.837. The van der Waals surface area contributed by atoms with Crippen LogP contribution in [-0.2, 0) is 6.54 Å². The van der Waals surface area contributed by atoms with Crippen LogP contribution in [0.3, 0.4) is 0 Å². The van der Waals surface area contributed by atoms with Crippen molar-refractivity contribution in [1.29, 1.82) is 0 Å². The number of nitrogens with zero attached hydrogens (tertiary/aromatic N) is 2. The zero-order chi connectivity index (χ0) is 18.9. The molecule has 2 aliphatic heterocycles. The van der Waals surface area contributed by atoms with Gasteiger partial charge in [-0.1, -0.05) is 6.08 Å². The molecule has 3 heterocycles. The van der Waals surface area contributed by atoms with Gasteiger partial charge >= 0.3 is 6.03 Å². The number of likely N-dealkylation sites (tertiary alicyclic amines) is 1. The minimum atomic E-state index is 0.0367. The maximum atomic E-state index is 11.6. The van der Waals surface area contributed by atoms with E-state index in [4.69, 9.17) is 0 Å². The Balaban J connectivity index is 1.14. The van der Waals surface area contributed by atoms with Crippen LogP contribution in [0.15, 0.2) is 24.5 Å². The number of hydrogen-bond acceptors (Lipinski definition) is 3. The Morgan fingerprint density at radius 2 is 1.89 bits per heavy atom. The van der Waals surface area contributed by atoms with E-state index in [-0.39, 0.29) is 6.03 Å². The van der Waals surface area contributed by atoms with Crippen molar-refractivity contribution in [2.75, 3.05) is 13.1 Å². The molecule has 0 bridgehead atoms. The molecule has 0 aromatic carbocycles. The topological polar surface area (TPSA) is 57.3 Å². The van der Waals surface area contributed by atoms with Gasteiger partial charge in [0, 0.05) is 18.9 Å². The Morgan fingerprint density at radius 1 is 1.04 bits per heavy atom. The Kier molecular flexibility index (Phi) is 5.10. The second-order valence-electron chi connectivity index (χ2n) is 9.22. The van der Waals surface area contributed by atoms with Gasteiger partial charge in [0.15, 0.2) is 0 Å². The summed E-state index contributed by atoms with van der Waals surface area (Å²) in [6.45, 7) is 3.40. The van der Waals surface area contributed by atoms with Crippen LogP contribution in [0, 0.1) is 11.8 Å².